The Morgan fingerprint density at radius 3 is 2.75 bits per heavy atom. The molecule has 1 aromatic heterocycles. The van der Waals surface area contributed by atoms with E-state index in [2.05, 4.69) is 20.5 Å². The first-order valence-electron chi connectivity index (χ1n) is 5.42. The molecule has 90 valence electrons. The van der Waals surface area contributed by atoms with Gasteiger partial charge in [-0.1, -0.05) is 13.8 Å². The normalized spacial score (nSPS) is 14.8. The summed E-state index contributed by atoms with van der Waals surface area (Å²) in [6, 6.07) is -0.668. The molecule has 0 aliphatic heterocycles. The monoisotopic (exact) mass is 225 g/mol. The maximum absolute atomic E-state index is 11.7. The van der Waals surface area contributed by atoms with Gasteiger partial charge in [-0.25, -0.2) is 4.98 Å². The van der Waals surface area contributed by atoms with Crippen molar-refractivity contribution in [3.63, 3.8) is 0 Å². The first kappa shape index (κ1) is 12.6. The van der Waals surface area contributed by atoms with Gasteiger partial charge >= 0.3 is 0 Å². The highest BCUT2D eigenvalue weighted by Crippen LogP contribution is 2.07. The molecule has 16 heavy (non-hydrogen) atoms. The van der Waals surface area contributed by atoms with Crippen molar-refractivity contribution in [3.05, 3.63) is 12.2 Å². The molecule has 1 aromatic rings. The Morgan fingerprint density at radius 1 is 1.56 bits per heavy atom. The second-order valence-corrected chi connectivity index (χ2v) is 4.34. The largest absolute Gasteiger partial charge is 0.345 e. The highest BCUT2D eigenvalue weighted by Gasteiger charge is 2.18. The van der Waals surface area contributed by atoms with Gasteiger partial charge in [-0.2, -0.15) is 5.10 Å². The number of nitrogens with zero attached hydrogens (tertiary/aromatic N) is 2. The molecule has 0 spiro atoms. The fraction of sp³-hybridized carbons (Fsp3) is 0.700. The Bertz CT molecular complexity index is 322. The number of nitrogens with two attached hydrogens (primary N) is 1. The van der Waals surface area contributed by atoms with Crippen LogP contribution in [-0.4, -0.2) is 27.1 Å². The molecule has 0 saturated heterocycles. The van der Waals surface area contributed by atoms with Crippen molar-refractivity contribution in [2.75, 3.05) is 0 Å². The van der Waals surface area contributed by atoms with Crippen molar-refractivity contribution < 1.29 is 4.79 Å². The van der Waals surface area contributed by atoms with E-state index in [4.69, 9.17) is 5.73 Å². The van der Waals surface area contributed by atoms with E-state index in [9.17, 15) is 4.79 Å². The van der Waals surface area contributed by atoms with E-state index in [1.54, 1.807) is 0 Å². The van der Waals surface area contributed by atoms with E-state index < -0.39 is 6.04 Å². The lowest BCUT2D eigenvalue weighted by atomic mass is 10.0. The molecule has 2 atom stereocenters. The summed E-state index contributed by atoms with van der Waals surface area (Å²) in [6.07, 6.45) is 2.08. The van der Waals surface area contributed by atoms with Gasteiger partial charge in [-0.05, 0) is 19.3 Å². The van der Waals surface area contributed by atoms with Gasteiger partial charge in [-0.3, -0.25) is 9.89 Å². The summed E-state index contributed by atoms with van der Waals surface area (Å²) in [5.74, 6) is 0.879. The van der Waals surface area contributed by atoms with Gasteiger partial charge in [0.2, 0.25) is 5.91 Å². The molecule has 0 aromatic carbocycles. The third-order valence-electron chi connectivity index (χ3n) is 2.26. The second-order valence-electron chi connectivity index (χ2n) is 4.34. The van der Waals surface area contributed by atoms with Crippen molar-refractivity contribution in [2.24, 2.45) is 11.7 Å². The molecule has 0 fully saturated rings. The Morgan fingerprint density at radius 2 is 2.25 bits per heavy atom. The van der Waals surface area contributed by atoms with E-state index >= 15 is 0 Å². The van der Waals surface area contributed by atoms with Crippen LogP contribution in [0.3, 0.4) is 0 Å². The smallest absolute Gasteiger partial charge is 0.237 e. The Kier molecular flexibility index (Phi) is 4.42. The van der Waals surface area contributed by atoms with E-state index in [1.165, 1.54) is 6.33 Å². The molecule has 0 radical (unpaired) electrons. The first-order chi connectivity index (χ1) is 7.50. The van der Waals surface area contributed by atoms with Crippen LogP contribution in [0.15, 0.2) is 6.33 Å². The Balaban J connectivity index is 2.45. The summed E-state index contributed by atoms with van der Waals surface area (Å²) in [4.78, 5) is 15.7. The highest BCUT2D eigenvalue weighted by molar-refractivity contribution is 5.81. The summed E-state index contributed by atoms with van der Waals surface area (Å²) < 4.78 is 0. The molecule has 0 aliphatic rings. The zero-order valence-electron chi connectivity index (χ0n) is 9.90. The van der Waals surface area contributed by atoms with E-state index in [0.717, 1.165) is 0 Å². The fourth-order valence-corrected chi connectivity index (χ4v) is 1.43. The maximum Gasteiger partial charge on any atom is 0.237 e. The molecule has 0 bridgehead atoms. The Labute approximate surface area is 95.0 Å². The number of carbonyl (C=O) groups excluding carboxylic acids is 1. The molecule has 1 rings (SSSR count). The van der Waals surface area contributed by atoms with Crippen molar-refractivity contribution in [3.8, 4) is 0 Å². The molecule has 1 amide bonds. The average molecular weight is 225 g/mol. The van der Waals surface area contributed by atoms with Crippen LogP contribution in [0, 0.1) is 5.92 Å². The molecule has 2 unspecified atom stereocenters. The average Bonchev–Trinajstić information content (AvgIpc) is 2.68. The standard InChI is InChI=1S/C10H19N5O/c1-6(2)4-8(11)10(16)14-7(3)9-12-5-13-15-9/h5-8H,4,11H2,1-3H3,(H,14,16)(H,12,13,15). The quantitative estimate of drug-likeness (QED) is 0.673. The number of hydrogen-bond acceptors (Lipinski definition) is 4. The van der Waals surface area contributed by atoms with Crippen LogP contribution in [-0.2, 0) is 4.79 Å². The van der Waals surface area contributed by atoms with Gasteiger partial charge < -0.3 is 11.1 Å². The number of H-pyrrole nitrogens is 1. The molecule has 6 heteroatoms. The van der Waals surface area contributed by atoms with E-state index in [-0.39, 0.29) is 11.9 Å². The van der Waals surface area contributed by atoms with Crippen LogP contribution < -0.4 is 11.1 Å². The molecular weight excluding hydrogens is 206 g/mol. The number of aromatic amines is 1. The number of rotatable bonds is 5. The third kappa shape index (κ3) is 3.62. The number of amides is 1. The fourth-order valence-electron chi connectivity index (χ4n) is 1.43. The van der Waals surface area contributed by atoms with Gasteiger partial charge in [0.15, 0.2) is 0 Å². The third-order valence-corrected chi connectivity index (χ3v) is 2.26. The first-order valence-corrected chi connectivity index (χ1v) is 5.42. The summed E-state index contributed by atoms with van der Waals surface area (Å²) in [5, 5.41) is 9.22. The predicted molar refractivity (Wildman–Crippen MR) is 60.4 cm³/mol. The van der Waals surface area contributed by atoms with Crippen molar-refractivity contribution in [2.45, 2.75) is 39.3 Å². The predicted octanol–water partition coefficient (Wildman–Crippen LogP) is 0.355. The van der Waals surface area contributed by atoms with Crippen molar-refractivity contribution in [1.82, 2.24) is 20.5 Å². The lowest BCUT2D eigenvalue weighted by Crippen LogP contribution is -2.42. The molecule has 0 saturated carbocycles. The van der Waals surface area contributed by atoms with Crippen LogP contribution in [0.1, 0.15) is 39.1 Å². The highest BCUT2D eigenvalue weighted by atomic mass is 16.2. The molecule has 1 heterocycles. The van der Waals surface area contributed by atoms with Crippen LogP contribution in [0.2, 0.25) is 0 Å². The summed E-state index contributed by atoms with van der Waals surface area (Å²) in [7, 11) is 0. The zero-order valence-corrected chi connectivity index (χ0v) is 9.90. The number of hydrogen-bond donors (Lipinski definition) is 3. The van der Waals surface area contributed by atoms with Crippen LogP contribution >= 0.6 is 0 Å². The minimum absolute atomic E-state index is 0.155. The summed E-state index contributed by atoms with van der Waals surface area (Å²) >= 11 is 0. The molecular formula is C10H19N5O. The Hall–Kier alpha value is -1.43. The topological polar surface area (TPSA) is 96.7 Å². The number of nitrogens with one attached hydrogen (secondary N) is 2. The van der Waals surface area contributed by atoms with Gasteiger partial charge in [-0.15, -0.1) is 0 Å². The molecule has 6 nitrogen and oxygen atoms in total. The molecule has 0 aliphatic carbocycles. The lowest BCUT2D eigenvalue weighted by Gasteiger charge is -2.17. The van der Waals surface area contributed by atoms with E-state index in [0.29, 0.717) is 18.2 Å². The van der Waals surface area contributed by atoms with Crippen molar-refractivity contribution >= 4 is 5.91 Å². The minimum atomic E-state index is -0.467. The second kappa shape index (κ2) is 5.60. The molecule has 4 N–H and O–H groups in total. The maximum atomic E-state index is 11.7. The van der Waals surface area contributed by atoms with Crippen LogP contribution in [0.4, 0.5) is 0 Å². The summed E-state index contributed by atoms with van der Waals surface area (Å²) in [6.45, 7) is 5.90. The lowest BCUT2D eigenvalue weighted by molar-refractivity contribution is -0.123. The number of carbonyl (C=O) groups is 1. The van der Waals surface area contributed by atoms with Crippen LogP contribution in [0.25, 0.3) is 0 Å². The SMILES string of the molecule is CC(C)CC(N)C(=O)NC(C)c1ncn[nH]1. The van der Waals surface area contributed by atoms with Crippen molar-refractivity contribution in [1.29, 1.82) is 0 Å². The van der Waals surface area contributed by atoms with Crippen LogP contribution in [0.5, 0.6) is 0 Å². The summed E-state index contributed by atoms with van der Waals surface area (Å²) in [5.41, 5.74) is 5.76. The van der Waals surface area contributed by atoms with Gasteiger partial charge in [0.1, 0.15) is 12.2 Å². The number of aromatic nitrogens is 3. The van der Waals surface area contributed by atoms with Gasteiger partial charge in [0.05, 0.1) is 12.1 Å². The van der Waals surface area contributed by atoms with Gasteiger partial charge in [0, 0.05) is 0 Å². The minimum Gasteiger partial charge on any atom is -0.345 e. The van der Waals surface area contributed by atoms with E-state index in [1.807, 2.05) is 20.8 Å². The zero-order chi connectivity index (χ0) is 12.1. The van der Waals surface area contributed by atoms with Gasteiger partial charge in [0.25, 0.3) is 0 Å².